The van der Waals surface area contributed by atoms with Crippen molar-refractivity contribution in [3.8, 4) is 0 Å². The van der Waals surface area contributed by atoms with Crippen molar-refractivity contribution in [3.63, 3.8) is 0 Å². The van der Waals surface area contributed by atoms with Crippen LogP contribution in [0.2, 0.25) is 0 Å². The lowest BCUT2D eigenvalue weighted by molar-refractivity contribution is -0.129. The van der Waals surface area contributed by atoms with E-state index in [1.54, 1.807) is 0 Å². The lowest BCUT2D eigenvalue weighted by Crippen LogP contribution is -2.52. The van der Waals surface area contributed by atoms with Crippen LogP contribution in [0.1, 0.15) is 29.2 Å². The Morgan fingerprint density at radius 1 is 0.862 bits per heavy atom. The number of carbonyl (C=O) groups excluding carboxylic acids is 2. The molecule has 0 saturated heterocycles. The summed E-state index contributed by atoms with van der Waals surface area (Å²) in [5.41, 5.74) is 8.45. The molecule has 29 heavy (non-hydrogen) atoms. The molecule has 3 aromatic rings. The summed E-state index contributed by atoms with van der Waals surface area (Å²) in [5.74, 6) is -0.812. The van der Waals surface area contributed by atoms with Crippen LogP contribution in [0.5, 0.6) is 0 Å². The van der Waals surface area contributed by atoms with Gasteiger partial charge in [-0.25, -0.2) is 0 Å². The quantitative estimate of drug-likeness (QED) is 0.652. The number of carbonyl (C=O) groups is 2. The Hall–Kier alpha value is -3.40. The minimum atomic E-state index is -0.955. The van der Waals surface area contributed by atoms with Crippen LogP contribution in [0.15, 0.2) is 84.9 Å². The molecular formula is C25H26N2O2. The number of rotatable bonds is 7. The molecule has 3 aromatic carbocycles. The SMILES string of the molecule is Cc1ccc(C[C@H](NC(=O)C(C)(c2ccccc2)c2ccccc2)C(N)=O)cc1. The molecule has 0 aromatic heterocycles. The number of aryl methyl sites for hydroxylation is 1. The van der Waals surface area contributed by atoms with Gasteiger partial charge < -0.3 is 11.1 Å². The van der Waals surface area contributed by atoms with E-state index in [1.807, 2.05) is 98.8 Å². The molecule has 0 spiro atoms. The van der Waals surface area contributed by atoms with Gasteiger partial charge in [-0.05, 0) is 30.5 Å². The third-order valence-corrected chi connectivity index (χ3v) is 5.37. The molecule has 0 unspecified atom stereocenters. The average Bonchev–Trinajstić information content (AvgIpc) is 2.75. The fraction of sp³-hybridized carbons (Fsp3) is 0.200. The monoisotopic (exact) mass is 386 g/mol. The van der Waals surface area contributed by atoms with Gasteiger partial charge in [0.2, 0.25) is 11.8 Å². The first kappa shape index (κ1) is 20.3. The van der Waals surface area contributed by atoms with E-state index in [2.05, 4.69) is 5.32 Å². The van der Waals surface area contributed by atoms with Crippen molar-refractivity contribution in [1.29, 1.82) is 0 Å². The lowest BCUT2D eigenvalue weighted by Gasteiger charge is -2.31. The van der Waals surface area contributed by atoms with Crippen molar-refractivity contribution < 1.29 is 9.59 Å². The third-order valence-electron chi connectivity index (χ3n) is 5.37. The fourth-order valence-corrected chi connectivity index (χ4v) is 3.46. The number of nitrogens with two attached hydrogens (primary N) is 1. The van der Waals surface area contributed by atoms with E-state index in [0.717, 1.165) is 22.3 Å². The van der Waals surface area contributed by atoms with Crippen LogP contribution in [0.3, 0.4) is 0 Å². The maximum atomic E-state index is 13.5. The van der Waals surface area contributed by atoms with Gasteiger partial charge in [-0.15, -0.1) is 0 Å². The highest BCUT2D eigenvalue weighted by Crippen LogP contribution is 2.32. The Morgan fingerprint density at radius 3 is 1.79 bits per heavy atom. The number of amides is 2. The highest BCUT2D eigenvalue weighted by atomic mass is 16.2. The molecule has 0 heterocycles. The summed E-state index contributed by atoms with van der Waals surface area (Å²) < 4.78 is 0. The zero-order valence-electron chi connectivity index (χ0n) is 16.8. The zero-order valence-corrected chi connectivity index (χ0v) is 16.8. The van der Waals surface area contributed by atoms with E-state index in [9.17, 15) is 9.59 Å². The maximum Gasteiger partial charge on any atom is 0.240 e. The minimum absolute atomic E-state index is 0.259. The average molecular weight is 386 g/mol. The lowest BCUT2D eigenvalue weighted by atomic mass is 9.75. The predicted molar refractivity (Wildman–Crippen MR) is 115 cm³/mol. The highest BCUT2D eigenvalue weighted by Gasteiger charge is 2.38. The van der Waals surface area contributed by atoms with Gasteiger partial charge in [0.1, 0.15) is 6.04 Å². The van der Waals surface area contributed by atoms with Crippen LogP contribution in [0, 0.1) is 6.92 Å². The summed E-state index contributed by atoms with van der Waals surface area (Å²) in [7, 11) is 0. The molecule has 3 N–H and O–H groups in total. The smallest absolute Gasteiger partial charge is 0.240 e. The summed E-state index contributed by atoms with van der Waals surface area (Å²) in [4.78, 5) is 25.6. The summed E-state index contributed by atoms with van der Waals surface area (Å²) in [5, 5.41) is 2.90. The summed E-state index contributed by atoms with van der Waals surface area (Å²) >= 11 is 0. The first-order valence-electron chi connectivity index (χ1n) is 9.68. The number of benzene rings is 3. The molecule has 0 saturated carbocycles. The second-order valence-corrected chi connectivity index (χ2v) is 7.48. The summed E-state index contributed by atoms with van der Waals surface area (Å²) in [6, 6.07) is 26.2. The Bertz CT molecular complexity index is 927. The zero-order chi connectivity index (χ0) is 20.9. The summed E-state index contributed by atoms with van der Waals surface area (Å²) in [6.45, 7) is 3.87. The number of nitrogens with one attached hydrogen (secondary N) is 1. The van der Waals surface area contributed by atoms with E-state index in [1.165, 1.54) is 0 Å². The van der Waals surface area contributed by atoms with E-state index in [4.69, 9.17) is 5.73 Å². The number of hydrogen-bond acceptors (Lipinski definition) is 2. The third kappa shape index (κ3) is 4.54. The van der Waals surface area contributed by atoms with E-state index >= 15 is 0 Å². The Balaban J connectivity index is 1.92. The minimum Gasteiger partial charge on any atom is -0.368 e. The number of hydrogen-bond donors (Lipinski definition) is 2. The van der Waals surface area contributed by atoms with E-state index < -0.39 is 17.4 Å². The second-order valence-electron chi connectivity index (χ2n) is 7.48. The molecular weight excluding hydrogens is 360 g/mol. The first-order chi connectivity index (χ1) is 13.9. The highest BCUT2D eigenvalue weighted by molar-refractivity contribution is 5.95. The van der Waals surface area contributed by atoms with Crippen molar-refractivity contribution >= 4 is 11.8 Å². The molecule has 4 nitrogen and oxygen atoms in total. The van der Waals surface area contributed by atoms with Crippen LogP contribution >= 0.6 is 0 Å². The van der Waals surface area contributed by atoms with Gasteiger partial charge in [0, 0.05) is 6.42 Å². The molecule has 2 amide bonds. The first-order valence-corrected chi connectivity index (χ1v) is 9.68. The standard InChI is InChI=1S/C25H26N2O2/c1-18-13-15-19(16-14-18)17-22(23(26)28)27-24(29)25(2,20-9-5-3-6-10-20)21-11-7-4-8-12-21/h3-16,22H,17H2,1-2H3,(H2,26,28)(H,27,29)/t22-/m0/s1. The van der Waals surface area contributed by atoms with Gasteiger partial charge in [-0.2, -0.15) is 0 Å². The van der Waals surface area contributed by atoms with Crippen LogP contribution in [-0.2, 0) is 21.4 Å². The molecule has 0 fully saturated rings. The van der Waals surface area contributed by atoms with E-state index in [-0.39, 0.29) is 5.91 Å². The van der Waals surface area contributed by atoms with Crippen molar-refractivity contribution in [2.45, 2.75) is 31.7 Å². The fourth-order valence-electron chi connectivity index (χ4n) is 3.46. The van der Waals surface area contributed by atoms with Gasteiger partial charge in [-0.3, -0.25) is 9.59 Å². The maximum absolute atomic E-state index is 13.5. The van der Waals surface area contributed by atoms with Crippen LogP contribution in [0.4, 0.5) is 0 Å². The molecule has 0 aliphatic carbocycles. The Labute approximate surface area is 171 Å². The van der Waals surface area contributed by atoms with Crippen molar-refractivity contribution in [2.75, 3.05) is 0 Å². The molecule has 3 rings (SSSR count). The molecule has 0 radical (unpaired) electrons. The van der Waals surface area contributed by atoms with Gasteiger partial charge in [0.15, 0.2) is 0 Å². The molecule has 4 heteroatoms. The van der Waals surface area contributed by atoms with Crippen LogP contribution in [0.25, 0.3) is 0 Å². The van der Waals surface area contributed by atoms with Crippen LogP contribution < -0.4 is 11.1 Å². The van der Waals surface area contributed by atoms with Crippen molar-refractivity contribution in [1.82, 2.24) is 5.32 Å². The topological polar surface area (TPSA) is 72.2 Å². The molecule has 0 aliphatic heterocycles. The molecule has 1 atom stereocenters. The van der Waals surface area contributed by atoms with Gasteiger partial charge >= 0.3 is 0 Å². The van der Waals surface area contributed by atoms with E-state index in [0.29, 0.717) is 6.42 Å². The molecule has 0 aliphatic rings. The van der Waals surface area contributed by atoms with Gasteiger partial charge in [0.25, 0.3) is 0 Å². The summed E-state index contributed by atoms with van der Waals surface area (Å²) in [6.07, 6.45) is 0.348. The Morgan fingerprint density at radius 2 is 1.34 bits per heavy atom. The van der Waals surface area contributed by atoms with Crippen LogP contribution in [-0.4, -0.2) is 17.9 Å². The molecule has 148 valence electrons. The van der Waals surface area contributed by atoms with Gasteiger partial charge in [0.05, 0.1) is 5.41 Å². The van der Waals surface area contributed by atoms with Gasteiger partial charge in [-0.1, -0.05) is 90.5 Å². The van der Waals surface area contributed by atoms with Crippen molar-refractivity contribution in [2.24, 2.45) is 5.73 Å². The van der Waals surface area contributed by atoms with Crippen molar-refractivity contribution in [3.05, 3.63) is 107 Å². The second kappa shape index (κ2) is 8.74. The largest absolute Gasteiger partial charge is 0.368 e. The normalized spacial score (nSPS) is 12.2. The number of primary amides is 1. The Kier molecular flexibility index (Phi) is 6.13. The molecule has 0 bridgehead atoms. The predicted octanol–water partition coefficient (Wildman–Crippen LogP) is 3.51.